The van der Waals surface area contributed by atoms with Gasteiger partial charge in [0.25, 0.3) is 5.91 Å². The Kier molecular flexibility index (Phi) is 6.65. The number of nitrogens with one attached hydrogen (secondary N) is 1. The van der Waals surface area contributed by atoms with Gasteiger partial charge in [0.15, 0.2) is 6.10 Å². The Labute approximate surface area is 171 Å². The van der Waals surface area contributed by atoms with Crippen LogP contribution in [0.1, 0.15) is 48.9 Å². The summed E-state index contributed by atoms with van der Waals surface area (Å²) in [6, 6.07) is 14.1. The maximum atomic E-state index is 12.7. The molecule has 6 nitrogen and oxygen atoms in total. The Bertz CT molecular complexity index is 951. The van der Waals surface area contributed by atoms with E-state index in [0.29, 0.717) is 19.0 Å². The molecule has 0 aliphatic carbocycles. The van der Waals surface area contributed by atoms with Gasteiger partial charge in [-0.15, -0.1) is 0 Å². The first kappa shape index (κ1) is 20.6. The SMILES string of the molecule is Cc1ccc(C(C)C)c(O[C@@H](C)C(=O)NCc2ccccc2Cn2cncn2)c1. The number of ether oxygens (including phenoxy) is 1. The molecule has 6 heteroatoms. The highest BCUT2D eigenvalue weighted by Gasteiger charge is 2.18. The lowest BCUT2D eigenvalue weighted by atomic mass is 10.0. The van der Waals surface area contributed by atoms with Crippen LogP contribution in [0.3, 0.4) is 0 Å². The zero-order valence-electron chi connectivity index (χ0n) is 17.4. The average Bonchev–Trinajstić information content (AvgIpc) is 3.20. The number of nitrogens with zero attached hydrogens (tertiary/aromatic N) is 3. The summed E-state index contributed by atoms with van der Waals surface area (Å²) in [5.41, 5.74) is 4.35. The van der Waals surface area contributed by atoms with Crippen molar-refractivity contribution >= 4 is 5.91 Å². The van der Waals surface area contributed by atoms with E-state index in [4.69, 9.17) is 4.74 Å². The highest BCUT2D eigenvalue weighted by Crippen LogP contribution is 2.28. The molecule has 0 bridgehead atoms. The van der Waals surface area contributed by atoms with Crippen molar-refractivity contribution in [1.29, 1.82) is 0 Å². The van der Waals surface area contributed by atoms with E-state index in [2.05, 4.69) is 41.4 Å². The van der Waals surface area contributed by atoms with Crippen LogP contribution in [0.4, 0.5) is 0 Å². The van der Waals surface area contributed by atoms with Crippen molar-refractivity contribution in [2.75, 3.05) is 0 Å². The van der Waals surface area contributed by atoms with Crippen molar-refractivity contribution in [2.24, 2.45) is 0 Å². The maximum Gasteiger partial charge on any atom is 0.261 e. The van der Waals surface area contributed by atoms with E-state index >= 15 is 0 Å². The molecular formula is C23H28N4O2. The second-order valence-corrected chi connectivity index (χ2v) is 7.54. The van der Waals surface area contributed by atoms with Crippen molar-refractivity contribution in [3.05, 3.63) is 77.4 Å². The van der Waals surface area contributed by atoms with Gasteiger partial charge in [-0.3, -0.25) is 4.79 Å². The van der Waals surface area contributed by atoms with E-state index in [1.165, 1.54) is 6.33 Å². The number of benzene rings is 2. The minimum Gasteiger partial charge on any atom is -0.481 e. The van der Waals surface area contributed by atoms with Crippen LogP contribution in [0.2, 0.25) is 0 Å². The third kappa shape index (κ3) is 5.44. The number of carbonyl (C=O) groups is 1. The molecule has 1 aromatic heterocycles. The second kappa shape index (κ2) is 9.37. The van der Waals surface area contributed by atoms with E-state index in [-0.39, 0.29) is 5.91 Å². The van der Waals surface area contributed by atoms with Gasteiger partial charge < -0.3 is 10.1 Å². The summed E-state index contributed by atoms with van der Waals surface area (Å²) in [5, 5.41) is 7.14. The first-order chi connectivity index (χ1) is 13.9. The molecular weight excluding hydrogens is 364 g/mol. The van der Waals surface area contributed by atoms with Crippen LogP contribution < -0.4 is 10.1 Å². The monoisotopic (exact) mass is 392 g/mol. The van der Waals surface area contributed by atoms with Crippen LogP contribution in [0.15, 0.2) is 55.1 Å². The predicted octanol–water partition coefficient (Wildman–Crippen LogP) is 3.84. The van der Waals surface area contributed by atoms with Gasteiger partial charge in [0.05, 0.1) is 6.54 Å². The molecule has 1 heterocycles. The van der Waals surface area contributed by atoms with Crippen molar-refractivity contribution < 1.29 is 9.53 Å². The van der Waals surface area contributed by atoms with Crippen LogP contribution in [0.25, 0.3) is 0 Å². The number of amides is 1. The zero-order valence-corrected chi connectivity index (χ0v) is 17.4. The second-order valence-electron chi connectivity index (χ2n) is 7.54. The van der Waals surface area contributed by atoms with Gasteiger partial charge in [0.1, 0.15) is 18.4 Å². The minimum absolute atomic E-state index is 0.142. The van der Waals surface area contributed by atoms with Crippen LogP contribution in [0, 0.1) is 6.92 Å². The number of aromatic nitrogens is 3. The lowest BCUT2D eigenvalue weighted by molar-refractivity contribution is -0.127. The van der Waals surface area contributed by atoms with Crippen LogP contribution in [0.5, 0.6) is 5.75 Å². The summed E-state index contributed by atoms with van der Waals surface area (Å²) >= 11 is 0. The summed E-state index contributed by atoms with van der Waals surface area (Å²) in [4.78, 5) is 16.6. The molecule has 0 saturated carbocycles. The number of rotatable bonds is 8. The molecule has 0 aliphatic heterocycles. The molecule has 0 radical (unpaired) electrons. The highest BCUT2D eigenvalue weighted by molar-refractivity contribution is 5.80. The Hall–Kier alpha value is -3.15. The highest BCUT2D eigenvalue weighted by atomic mass is 16.5. The molecule has 1 amide bonds. The van der Waals surface area contributed by atoms with Gasteiger partial charge in [-0.25, -0.2) is 9.67 Å². The molecule has 2 aromatic carbocycles. The normalized spacial score (nSPS) is 12.0. The fraction of sp³-hybridized carbons (Fsp3) is 0.348. The number of carbonyl (C=O) groups excluding carboxylic acids is 1. The molecule has 29 heavy (non-hydrogen) atoms. The van der Waals surface area contributed by atoms with Crippen LogP contribution in [-0.4, -0.2) is 26.8 Å². The van der Waals surface area contributed by atoms with Gasteiger partial charge in [-0.05, 0) is 48.1 Å². The van der Waals surface area contributed by atoms with E-state index in [1.54, 1.807) is 17.9 Å². The molecule has 0 unspecified atom stereocenters. The van der Waals surface area contributed by atoms with Crippen LogP contribution >= 0.6 is 0 Å². The van der Waals surface area contributed by atoms with Gasteiger partial charge in [-0.1, -0.05) is 50.2 Å². The Morgan fingerprint density at radius 1 is 1.14 bits per heavy atom. The van der Waals surface area contributed by atoms with E-state index in [1.807, 2.05) is 37.3 Å². The fourth-order valence-corrected chi connectivity index (χ4v) is 3.16. The van der Waals surface area contributed by atoms with Gasteiger partial charge >= 0.3 is 0 Å². The molecule has 1 atom stereocenters. The van der Waals surface area contributed by atoms with Crippen LogP contribution in [-0.2, 0) is 17.9 Å². The number of hydrogen-bond acceptors (Lipinski definition) is 4. The predicted molar refractivity (Wildman–Crippen MR) is 113 cm³/mol. The maximum absolute atomic E-state index is 12.7. The van der Waals surface area contributed by atoms with Crippen molar-refractivity contribution in [3.8, 4) is 5.75 Å². The molecule has 0 fully saturated rings. The standard InChI is InChI=1S/C23H28N4O2/c1-16(2)21-10-9-17(3)11-22(21)29-18(4)23(28)25-12-19-7-5-6-8-20(19)13-27-15-24-14-26-27/h5-11,14-16,18H,12-13H2,1-4H3,(H,25,28)/t18-/m0/s1. The zero-order chi connectivity index (χ0) is 20.8. The molecule has 152 valence electrons. The minimum atomic E-state index is -0.586. The first-order valence-corrected chi connectivity index (χ1v) is 9.88. The largest absolute Gasteiger partial charge is 0.481 e. The molecule has 3 rings (SSSR count). The van der Waals surface area contributed by atoms with Gasteiger partial charge in [0, 0.05) is 6.54 Å². The first-order valence-electron chi connectivity index (χ1n) is 9.88. The third-order valence-corrected chi connectivity index (χ3v) is 4.83. The molecule has 0 spiro atoms. The molecule has 1 N–H and O–H groups in total. The molecule has 3 aromatic rings. The number of aryl methyl sites for hydroxylation is 1. The molecule has 0 saturated heterocycles. The third-order valence-electron chi connectivity index (χ3n) is 4.83. The van der Waals surface area contributed by atoms with Crippen molar-refractivity contribution in [2.45, 2.75) is 52.8 Å². The Morgan fingerprint density at radius 3 is 2.59 bits per heavy atom. The summed E-state index contributed by atoms with van der Waals surface area (Å²) in [6.45, 7) is 9.08. The topological polar surface area (TPSA) is 69.0 Å². The lowest BCUT2D eigenvalue weighted by Gasteiger charge is -2.19. The summed E-state index contributed by atoms with van der Waals surface area (Å²) < 4.78 is 7.78. The average molecular weight is 393 g/mol. The summed E-state index contributed by atoms with van der Waals surface area (Å²) in [6.07, 6.45) is 2.61. The van der Waals surface area contributed by atoms with Gasteiger partial charge in [0.2, 0.25) is 0 Å². The quantitative estimate of drug-likeness (QED) is 0.632. The van der Waals surface area contributed by atoms with E-state index in [0.717, 1.165) is 28.0 Å². The molecule has 0 aliphatic rings. The van der Waals surface area contributed by atoms with Crippen molar-refractivity contribution in [3.63, 3.8) is 0 Å². The Morgan fingerprint density at radius 2 is 1.90 bits per heavy atom. The Balaban J connectivity index is 1.64. The van der Waals surface area contributed by atoms with E-state index < -0.39 is 6.10 Å². The van der Waals surface area contributed by atoms with Crippen molar-refractivity contribution in [1.82, 2.24) is 20.1 Å². The lowest BCUT2D eigenvalue weighted by Crippen LogP contribution is -2.36. The van der Waals surface area contributed by atoms with E-state index in [9.17, 15) is 4.79 Å². The number of hydrogen-bond donors (Lipinski definition) is 1. The smallest absolute Gasteiger partial charge is 0.261 e. The van der Waals surface area contributed by atoms with Gasteiger partial charge in [-0.2, -0.15) is 5.10 Å². The fourth-order valence-electron chi connectivity index (χ4n) is 3.16. The summed E-state index contributed by atoms with van der Waals surface area (Å²) in [5.74, 6) is 0.954. The summed E-state index contributed by atoms with van der Waals surface area (Å²) in [7, 11) is 0.